The third-order valence-electron chi connectivity index (χ3n) is 3.51. The zero-order valence-corrected chi connectivity index (χ0v) is 12.7. The van der Waals surface area contributed by atoms with Crippen molar-refractivity contribution in [2.45, 2.75) is 58.0 Å². The second-order valence-electron chi connectivity index (χ2n) is 6.17. The van der Waals surface area contributed by atoms with E-state index >= 15 is 0 Å². The van der Waals surface area contributed by atoms with E-state index < -0.39 is 11.5 Å². The van der Waals surface area contributed by atoms with Crippen LogP contribution in [0.1, 0.15) is 46.5 Å². The van der Waals surface area contributed by atoms with Crippen LogP contribution in [0.2, 0.25) is 0 Å². The summed E-state index contributed by atoms with van der Waals surface area (Å²) in [5.74, 6) is -0.914. The molecular formula is C14H27N3O3. The summed E-state index contributed by atoms with van der Waals surface area (Å²) in [6.45, 7) is 8.73. The van der Waals surface area contributed by atoms with E-state index in [-0.39, 0.29) is 18.5 Å². The summed E-state index contributed by atoms with van der Waals surface area (Å²) in [4.78, 5) is 25.0. The maximum Gasteiger partial charge on any atom is 0.315 e. The van der Waals surface area contributed by atoms with Gasteiger partial charge in [-0.05, 0) is 39.7 Å². The van der Waals surface area contributed by atoms with E-state index in [4.69, 9.17) is 5.11 Å². The van der Waals surface area contributed by atoms with E-state index in [0.717, 1.165) is 38.9 Å². The van der Waals surface area contributed by atoms with Gasteiger partial charge < -0.3 is 20.6 Å². The molecule has 0 atom stereocenters. The number of nitrogens with one attached hydrogen (secondary N) is 2. The molecule has 0 saturated carbocycles. The monoisotopic (exact) mass is 285 g/mol. The summed E-state index contributed by atoms with van der Waals surface area (Å²) in [6, 6.07) is -0.0890. The van der Waals surface area contributed by atoms with Gasteiger partial charge in [-0.1, -0.05) is 6.92 Å². The fourth-order valence-electron chi connectivity index (χ4n) is 2.57. The summed E-state index contributed by atoms with van der Waals surface area (Å²) in [7, 11) is 0. The average molecular weight is 285 g/mol. The van der Waals surface area contributed by atoms with Crippen LogP contribution in [0.25, 0.3) is 0 Å². The zero-order chi connectivity index (χ0) is 15.2. The lowest BCUT2D eigenvalue weighted by Crippen LogP contribution is -2.53. The van der Waals surface area contributed by atoms with E-state index in [1.165, 1.54) is 0 Å². The number of hydrogen-bond donors (Lipinski definition) is 3. The third kappa shape index (κ3) is 6.23. The highest BCUT2D eigenvalue weighted by Gasteiger charge is 2.26. The standard InChI is InChI=1S/C14H27N3O3/c1-4-7-17-8-5-11(6-9-17)15-13(20)16-14(2,3)10-12(18)19/h11H,4-10H2,1-3H3,(H,18,19)(H2,15,16,20). The first kappa shape index (κ1) is 16.8. The third-order valence-corrected chi connectivity index (χ3v) is 3.51. The Bertz CT molecular complexity index is 337. The van der Waals surface area contributed by atoms with Crippen LogP contribution in [0.15, 0.2) is 0 Å². The van der Waals surface area contributed by atoms with Crippen LogP contribution >= 0.6 is 0 Å². The van der Waals surface area contributed by atoms with E-state index in [9.17, 15) is 9.59 Å². The van der Waals surface area contributed by atoms with Gasteiger partial charge in [-0.2, -0.15) is 0 Å². The number of nitrogens with zero attached hydrogens (tertiary/aromatic N) is 1. The van der Waals surface area contributed by atoms with Crippen molar-refractivity contribution >= 4 is 12.0 Å². The van der Waals surface area contributed by atoms with E-state index in [1.807, 2.05) is 0 Å². The quantitative estimate of drug-likeness (QED) is 0.689. The topological polar surface area (TPSA) is 81.7 Å². The van der Waals surface area contributed by atoms with Crippen LogP contribution in [-0.4, -0.2) is 53.2 Å². The molecule has 3 N–H and O–H groups in total. The molecule has 1 aliphatic heterocycles. The number of rotatable bonds is 6. The predicted molar refractivity (Wildman–Crippen MR) is 77.8 cm³/mol. The molecule has 0 unspecified atom stereocenters. The Kier molecular flexibility index (Phi) is 6.26. The maximum atomic E-state index is 11.9. The number of amides is 2. The SMILES string of the molecule is CCCN1CCC(NC(=O)NC(C)(C)CC(=O)O)CC1. The van der Waals surface area contributed by atoms with Gasteiger partial charge in [-0.15, -0.1) is 0 Å². The minimum Gasteiger partial charge on any atom is -0.481 e. The Morgan fingerprint density at radius 1 is 1.30 bits per heavy atom. The summed E-state index contributed by atoms with van der Waals surface area (Å²) >= 11 is 0. The van der Waals surface area contributed by atoms with Gasteiger partial charge in [-0.25, -0.2) is 4.79 Å². The van der Waals surface area contributed by atoms with Gasteiger partial charge >= 0.3 is 12.0 Å². The highest BCUT2D eigenvalue weighted by molar-refractivity contribution is 5.76. The molecule has 0 bridgehead atoms. The average Bonchev–Trinajstić information content (AvgIpc) is 2.29. The summed E-state index contributed by atoms with van der Waals surface area (Å²) in [5, 5.41) is 14.5. The Balaban J connectivity index is 2.31. The fourth-order valence-corrected chi connectivity index (χ4v) is 2.57. The Labute approximate surface area is 120 Å². The number of carboxylic acid groups (broad SMARTS) is 1. The van der Waals surface area contributed by atoms with Crippen molar-refractivity contribution in [3.8, 4) is 0 Å². The minimum atomic E-state index is -0.914. The molecule has 20 heavy (non-hydrogen) atoms. The van der Waals surface area contributed by atoms with Crippen LogP contribution < -0.4 is 10.6 Å². The van der Waals surface area contributed by atoms with Gasteiger partial charge in [0.2, 0.25) is 0 Å². The molecule has 1 fully saturated rings. The lowest BCUT2D eigenvalue weighted by Gasteiger charge is -2.33. The van der Waals surface area contributed by atoms with Gasteiger partial charge in [0, 0.05) is 24.7 Å². The second-order valence-corrected chi connectivity index (χ2v) is 6.17. The number of carboxylic acids is 1. The van der Waals surface area contributed by atoms with Gasteiger partial charge in [-0.3, -0.25) is 4.79 Å². The smallest absolute Gasteiger partial charge is 0.315 e. The molecular weight excluding hydrogens is 258 g/mol. The van der Waals surface area contributed by atoms with Crippen LogP contribution in [0.3, 0.4) is 0 Å². The summed E-state index contributed by atoms with van der Waals surface area (Å²) in [5.41, 5.74) is -0.737. The Morgan fingerprint density at radius 2 is 1.90 bits per heavy atom. The Morgan fingerprint density at radius 3 is 2.40 bits per heavy atom. The molecule has 0 spiro atoms. The summed E-state index contributed by atoms with van der Waals surface area (Å²) < 4.78 is 0. The van der Waals surface area contributed by atoms with Gasteiger partial charge in [0.05, 0.1) is 6.42 Å². The lowest BCUT2D eigenvalue weighted by molar-refractivity contribution is -0.138. The number of hydrogen-bond acceptors (Lipinski definition) is 3. The number of likely N-dealkylation sites (tertiary alicyclic amines) is 1. The zero-order valence-electron chi connectivity index (χ0n) is 12.7. The van der Waals surface area contributed by atoms with Crippen LogP contribution in [0.4, 0.5) is 4.79 Å². The molecule has 0 aliphatic carbocycles. The first-order valence-corrected chi connectivity index (χ1v) is 7.35. The molecule has 116 valence electrons. The minimum absolute atomic E-state index is 0.0879. The highest BCUT2D eigenvalue weighted by Crippen LogP contribution is 2.12. The molecule has 1 rings (SSSR count). The van der Waals surface area contributed by atoms with Crippen molar-refractivity contribution in [2.24, 2.45) is 0 Å². The first-order valence-electron chi connectivity index (χ1n) is 7.35. The van der Waals surface area contributed by atoms with Gasteiger partial charge in [0.15, 0.2) is 0 Å². The number of aliphatic carboxylic acids is 1. The van der Waals surface area contributed by atoms with Gasteiger partial charge in [0.25, 0.3) is 0 Å². The molecule has 2 amide bonds. The Hall–Kier alpha value is -1.30. The molecule has 0 aromatic rings. The number of urea groups is 1. The normalized spacial score (nSPS) is 17.8. The second kappa shape index (κ2) is 7.47. The van der Waals surface area contributed by atoms with Gasteiger partial charge in [0.1, 0.15) is 0 Å². The molecule has 1 heterocycles. The number of carbonyl (C=O) groups excluding carboxylic acids is 1. The molecule has 1 saturated heterocycles. The number of carbonyl (C=O) groups is 2. The van der Waals surface area contributed by atoms with E-state index in [0.29, 0.717) is 0 Å². The molecule has 1 aliphatic rings. The molecule has 0 aromatic heterocycles. The fraction of sp³-hybridized carbons (Fsp3) is 0.857. The van der Waals surface area contributed by atoms with Crippen LogP contribution in [-0.2, 0) is 4.79 Å². The van der Waals surface area contributed by atoms with Crippen LogP contribution in [0.5, 0.6) is 0 Å². The lowest BCUT2D eigenvalue weighted by atomic mass is 10.0. The first-order chi connectivity index (χ1) is 9.32. The van der Waals surface area contributed by atoms with Crippen molar-refractivity contribution in [2.75, 3.05) is 19.6 Å². The van der Waals surface area contributed by atoms with Crippen molar-refractivity contribution in [1.29, 1.82) is 0 Å². The van der Waals surface area contributed by atoms with E-state index in [2.05, 4.69) is 22.5 Å². The maximum absolute atomic E-state index is 11.9. The largest absolute Gasteiger partial charge is 0.481 e. The molecule has 6 nitrogen and oxygen atoms in total. The molecule has 0 radical (unpaired) electrons. The predicted octanol–water partition coefficient (Wildman–Crippen LogP) is 1.41. The number of piperidine rings is 1. The van der Waals surface area contributed by atoms with Crippen molar-refractivity contribution < 1.29 is 14.7 Å². The van der Waals surface area contributed by atoms with Crippen molar-refractivity contribution in [3.05, 3.63) is 0 Å². The molecule has 0 aromatic carbocycles. The summed E-state index contributed by atoms with van der Waals surface area (Å²) in [6.07, 6.45) is 2.97. The van der Waals surface area contributed by atoms with Crippen molar-refractivity contribution in [3.63, 3.8) is 0 Å². The highest BCUT2D eigenvalue weighted by atomic mass is 16.4. The molecule has 6 heteroatoms. The van der Waals surface area contributed by atoms with E-state index in [1.54, 1.807) is 13.8 Å². The van der Waals surface area contributed by atoms with Crippen molar-refractivity contribution in [1.82, 2.24) is 15.5 Å². The van der Waals surface area contributed by atoms with Crippen LogP contribution in [0, 0.1) is 0 Å².